The highest BCUT2D eigenvalue weighted by Crippen LogP contribution is 2.18. The monoisotopic (exact) mass is 288 g/mol. The summed E-state index contributed by atoms with van der Waals surface area (Å²) in [6, 6.07) is 9.24. The minimum absolute atomic E-state index is 0.0132. The van der Waals surface area contributed by atoms with Crippen LogP contribution in [0.25, 0.3) is 11.3 Å². The lowest BCUT2D eigenvalue weighted by Crippen LogP contribution is -2.40. The SMILES string of the molecule is CC[C@@H](COC)NC(=O)Nc1ccc(-c2ccn[nH]2)cc1. The van der Waals surface area contributed by atoms with E-state index in [1.807, 2.05) is 37.3 Å². The van der Waals surface area contributed by atoms with E-state index in [-0.39, 0.29) is 12.1 Å². The lowest BCUT2D eigenvalue weighted by atomic mass is 10.1. The molecular formula is C15H20N4O2. The largest absolute Gasteiger partial charge is 0.383 e. The van der Waals surface area contributed by atoms with Crippen molar-refractivity contribution >= 4 is 11.7 Å². The van der Waals surface area contributed by atoms with Gasteiger partial charge in [-0.3, -0.25) is 5.10 Å². The highest BCUT2D eigenvalue weighted by Gasteiger charge is 2.10. The maximum absolute atomic E-state index is 11.9. The number of rotatable bonds is 6. The summed E-state index contributed by atoms with van der Waals surface area (Å²) < 4.78 is 5.05. The summed E-state index contributed by atoms with van der Waals surface area (Å²) in [5.74, 6) is 0. The molecule has 2 rings (SSSR count). The summed E-state index contributed by atoms with van der Waals surface area (Å²) in [6.07, 6.45) is 2.52. The molecule has 0 radical (unpaired) electrons. The number of anilines is 1. The van der Waals surface area contributed by atoms with E-state index in [9.17, 15) is 4.79 Å². The first-order chi connectivity index (χ1) is 10.2. The maximum Gasteiger partial charge on any atom is 0.319 e. The van der Waals surface area contributed by atoms with Gasteiger partial charge < -0.3 is 15.4 Å². The van der Waals surface area contributed by atoms with Gasteiger partial charge in [0.25, 0.3) is 0 Å². The number of hydrogen-bond acceptors (Lipinski definition) is 3. The molecule has 0 fully saturated rings. The Morgan fingerprint density at radius 3 is 2.67 bits per heavy atom. The van der Waals surface area contributed by atoms with Crippen LogP contribution in [-0.2, 0) is 4.74 Å². The van der Waals surface area contributed by atoms with Gasteiger partial charge in [-0.2, -0.15) is 5.10 Å². The number of amides is 2. The molecule has 1 aromatic heterocycles. The van der Waals surface area contributed by atoms with Crippen LogP contribution in [-0.4, -0.2) is 36.0 Å². The summed E-state index contributed by atoms with van der Waals surface area (Å²) in [5.41, 5.74) is 2.70. The molecule has 0 spiro atoms. The third-order valence-corrected chi connectivity index (χ3v) is 3.15. The third-order valence-electron chi connectivity index (χ3n) is 3.15. The summed E-state index contributed by atoms with van der Waals surface area (Å²) in [5, 5.41) is 12.5. The van der Waals surface area contributed by atoms with Crippen LogP contribution < -0.4 is 10.6 Å². The van der Waals surface area contributed by atoms with Crippen molar-refractivity contribution in [3.05, 3.63) is 36.5 Å². The first-order valence-electron chi connectivity index (χ1n) is 6.89. The van der Waals surface area contributed by atoms with Gasteiger partial charge in [0.1, 0.15) is 0 Å². The van der Waals surface area contributed by atoms with Crippen LogP contribution in [0.4, 0.5) is 10.5 Å². The summed E-state index contributed by atoms with van der Waals surface area (Å²) >= 11 is 0. The standard InChI is InChI=1S/C15H20N4O2/c1-3-12(10-21-2)17-15(20)18-13-6-4-11(5-7-13)14-8-9-16-19-14/h4-9,12H,3,10H2,1-2H3,(H,16,19)(H2,17,18,20)/t12-/m0/s1. The predicted octanol–water partition coefficient (Wildman–Crippen LogP) is 2.62. The lowest BCUT2D eigenvalue weighted by Gasteiger charge is -2.16. The van der Waals surface area contributed by atoms with Crippen LogP contribution >= 0.6 is 0 Å². The second-order valence-electron chi connectivity index (χ2n) is 4.71. The number of nitrogens with zero attached hydrogens (tertiary/aromatic N) is 1. The van der Waals surface area contributed by atoms with E-state index in [1.54, 1.807) is 13.3 Å². The Kier molecular flexibility index (Phi) is 5.34. The number of H-pyrrole nitrogens is 1. The second kappa shape index (κ2) is 7.44. The third kappa shape index (κ3) is 4.32. The molecule has 0 bridgehead atoms. The van der Waals surface area contributed by atoms with Crippen LogP contribution in [0.2, 0.25) is 0 Å². The zero-order valence-electron chi connectivity index (χ0n) is 12.2. The Bertz CT molecular complexity index is 552. The molecule has 0 saturated heterocycles. The molecule has 1 heterocycles. The van der Waals surface area contributed by atoms with Crippen LogP contribution in [0.1, 0.15) is 13.3 Å². The van der Waals surface area contributed by atoms with Crippen molar-refractivity contribution in [3.63, 3.8) is 0 Å². The number of ether oxygens (including phenoxy) is 1. The van der Waals surface area contributed by atoms with Gasteiger partial charge in [0.2, 0.25) is 0 Å². The van der Waals surface area contributed by atoms with Gasteiger partial charge >= 0.3 is 6.03 Å². The van der Waals surface area contributed by atoms with E-state index in [0.29, 0.717) is 6.61 Å². The normalized spacial score (nSPS) is 11.9. The van der Waals surface area contributed by atoms with Gasteiger partial charge in [0.05, 0.1) is 18.3 Å². The number of aromatic nitrogens is 2. The van der Waals surface area contributed by atoms with Gasteiger partial charge in [0.15, 0.2) is 0 Å². The van der Waals surface area contributed by atoms with E-state index >= 15 is 0 Å². The molecule has 6 heteroatoms. The van der Waals surface area contributed by atoms with E-state index in [2.05, 4.69) is 20.8 Å². The fourth-order valence-corrected chi connectivity index (χ4v) is 1.97. The van der Waals surface area contributed by atoms with Crippen LogP contribution in [0.15, 0.2) is 36.5 Å². The molecule has 0 unspecified atom stereocenters. The van der Waals surface area contributed by atoms with Crippen molar-refractivity contribution < 1.29 is 9.53 Å². The molecule has 2 amide bonds. The zero-order chi connectivity index (χ0) is 15.1. The molecule has 2 aromatic rings. The molecule has 0 aliphatic rings. The Morgan fingerprint density at radius 2 is 2.10 bits per heavy atom. The summed E-state index contributed by atoms with van der Waals surface area (Å²) in [4.78, 5) is 11.9. The van der Waals surface area contributed by atoms with E-state index in [4.69, 9.17) is 4.74 Å². The van der Waals surface area contributed by atoms with E-state index < -0.39 is 0 Å². The first kappa shape index (κ1) is 15.1. The van der Waals surface area contributed by atoms with Gasteiger partial charge in [-0.15, -0.1) is 0 Å². The quantitative estimate of drug-likeness (QED) is 0.764. The number of nitrogens with one attached hydrogen (secondary N) is 3. The number of methoxy groups -OCH3 is 1. The zero-order valence-corrected chi connectivity index (χ0v) is 12.2. The number of benzene rings is 1. The Labute approximate surface area is 123 Å². The number of carbonyl (C=O) groups excluding carboxylic acids is 1. The topological polar surface area (TPSA) is 79.0 Å². The smallest absolute Gasteiger partial charge is 0.319 e. The van der Waals surface area contributed by atoms with Gasteiger partial charge in [-0.25, -0.2) is 4.79 Å². The molecule has 1 atom stereocenters. The van der Waals surface area contributed by atoms with Crippen molar-refractivity contribution in [1.82, 2.24) is 15.5 Å². The van der Waals surface area contributed by atoms with Crippen LogP contribution in [0.5, 0.6) is 0 Å². The molecule has 0 saturated carbocycles. The molecule has 0 aliphatic carbocycles. The number of carbonyl (C=O) groups is 1. The molecule has 21 heavy (non-hydrogen) atoms. The summed E-state index contributed by atoms with van der Waals surface area (Å²) in [6.45, 7) is 2.51. The summed E-state index contributed by atoms with van der Waals surface area (Å²) in [7, 11) is 1.62. The van der Waals surface area contributed by atoms with Crippen molar-refractivity contribution in [2.45, 2.75) is 19.4 Å². The Balaban J connectivity index is 1.92. The molecular weight excluding hydrogens is 268 g/mol. The molecule has 112 valence electrons. The highest BCUT2D eigenvalue weighted by molar-refractivity contribution is 5.89. The average Bonchev–Trinajstić information content (AvgIpc) is 3.01. The fourth-order valence-electron chi connectivity index (χ4n) is 1.97. The van der Waals surface area contributed by atoms with E-state index in [1.165, 1.54) is 0 Å². The van der Waals surface area contributed by atoms with Crippen LogP contribution in [0.3, 0.4) is 0 Å². The Morgan fingerprint density at radius 1 is 1.33 bits per heavy atom. The van der Waals surface area contributed by atoms with E-state index in [0.717, 1.165) is 23.4 Å². The number of urea groups is 1. The van der Waals surface area contributed by atoms with Crippen LogP contribution in [0, 0.1) is 0 Å². The minimum Gasteiger partial charge on any atom is -0.383 e. The van der Waals surface area contributed by atoms with Gasteiger partial charge in [-0.05, 0) is 30.2 Å². The number of aromatic amines is 1. The average molecular weight is 288 g/mol. The fraction of sp³-hybridized carbons (Fsp3) is 0.333. The molecule has 6 nitrogen and oxygen atoms in total. The molecule has 0 aliphatic heterocycles. The maximum atomic E-state index is 11.9. The Hall–Kier alpha value is -2.34. The predicted molar refractivity (Wildman–Crippen MR) is 82.1 cm³/mol. The van der Waals surface area contributed by atoms with Crippen molar-refractivity contribution in [3.8, 4) is 11.3 Å². The van der Waals surface area contributed by atoms with Crippen molar-refractivity contribution in [2.75, 3.05) is 19.0 Å². The first-order valence-corrected chi connectivity index (χ1v) is 6.89. The lowest BCUT2D eigenvalue weighted by molar-refractivity contribution is 0.165. The second-order valence-corrected chi connectivity index (χ2v) is 4.71. The molecule has 3 N–H and O–H groups in total. The minimum atomic E-state index is -0.229. The van der Waals surface area contributed by atoms with Crippen molar-refractivity contribution in [2.24, 2.45) is 0 Å². The highest BCUT2D eigenvalue weighted by atomic mass is 16.5. The van der Waals surface area contributed by atoms with Gasteiger partial charge in [-0.1, -0.05) is 19.1 Å². The van der Waals surface area contributed by atoms with Gasteiger partial charge in [0, 0.05) is 19.0 Å². The molecule has 1 aromatic carbocycles. The van der Waals surface area contributed by atoms with Crippen molar-refractivity contribution in [1.29, 1.82) is 0 Å². The number of hydrogen-bond donors (Lipinski definition) is 3.